The Kier molecular flexibility index (Phi) is 5.66. The molecular weight excluding hydrogens is 303 g/mol. The van der Waals surface area contributed by atoms with Gasteiger partial charge in [-0.15, -0.1) is 0 Å². The summed E-state index contributed by atoms with van der Waals surface area (Å²) < 4.78 is 0. The van der Waals surface area contributed by atoms with Crippen LogP contribution in [0.15, 0.2) is 42.6 Å². The van der Waals surface area contributed by atoms with E-state index in [9.17, 15) is 0 Å². The number of hydrogen-bond donors (Lipinski definition) is 1. The second-order valence-electron chi connectivity index (χ2n) is 4.81. The molecule has 2 aromatic rings. The van der Waals surface area contributed by atoms with Crippen LogP contribution in [-0.4, -0.2) is 4.98 Å². The van der Waals surface area contributed by atoms with Gasteiger partial charge in [-0.2, -0.15) is 0 Å². The second-order valence-corrected chi connectivity index (χ2v) is 5.60. The van der Waals surface area contributed by atoms with Gasteiger partial charge < -0.3 is 5.73 Å². The number of pyridine rings is 1. The van der Waals surface area contributed by atoms with Gasteiger partial charge >= 0.3 is 0 Å². The van der Waals surface area contributed by atoms with E-state index in [0.29, 0.717) is 15.7 Å². The van der Waals surface area contributed by atoms with E-state index in [4.69, 9.17) is 28.9 Å². The molecule has 2 nitrogen and oxygen atoms in total. The normalized spacial score (nSPS) is 12.1. The highest BCUT2D eigenvalue weighted by atomic mass is 35.5. The molecule has 0 aliphatic carbocycles. The van der Waals surface area contributed by atoms with E-state index >= 15 is 0 Å². The molecule has 0 amide bonds. The lowest BCUT2D eigenvalue weighted by molar-refractivity contribution is 0.822. The van der Waals surface area contributed by atoms with E-state index in [1.165, 1.54) is 0 Å². The molecule has 0 saturated carbocycles. The fourth-order valence-corrected chi connectivity index (χ4v) is 2.57. The SMILES string of the molecule is CCCC/C(=C(\N)c1cccc(Cl)c1Cl)c1ccccn1. The molecule has 0 aliphatic heterocycles. The van der Waals surface area contributed by atoms with Gasteiger partial charge in [-0.25, -0.2) is 0 Å². The summed E-state index contributed by atoms with van der Waals surface area (Å²) in [5.74, 6) is 0. The predicted octanol–water partition coefficient (Wildman–Crippen LogP) is 5.41. The Hall–Kier alpha value is -1.51. The lowest BCUT2D eigenvalue weighted by atomic mass is 9.98. The summed E-state index contributed by atoms with van der Waals surface area (Å²) in [6.45, 7) is 2.15. The number of benzene rings is 1. The van der Waals surface area contributed by atoms with Crippen molar-refractivity contribution in [3.63, 3.8) is 0 Å². The number of unbranched alkanes of at least 4 members (excludes halogenated alkanes) is 1. The molecule has 2 N–H and O–H groups in total. The molecule has 4 heteroatoms. The van der Waals surface area contributed by atoms with Crippen LogP contribution in [0.1, 0.15) is 37.4 Å². The lowest BCUT2D eigenvalue weighted by Gasteiger charge is -2.13. The average molecular weight is 321 g/mol. The molecule has 21 heavy (non-hydrogen) atoms. The minimum absolute atomic E-state index is 0.488. The Bertz CT molecular complexity index is 636. The van der Waals surface area contributed by atoms with Gasteiger partial charge in [-0.1, -0.05) is 54.7 Å². The number of rotatable bonds is 5. The summed E-state index contributed by atoms with van der Waals surface area (Å²) in [5.41, 5.74) is 9.69. The minimum atomic E-state index is 0.488. The first-order valence-corrected chi connectivity index (χ1v) is 7.75. The monoisotopic (exact) mass is 320 g/mol. The summed E-state index contributed by atoms with van der Waals surface area (Å²) in [5, 5.41) is 0.995. The number of nitrogens with zero attached hydrogens (tertiary/aromatic N) is 1. The van der Waals surface area contributed by atoms with Crippen molar-refractivity contribution in [2.45, 2.75) is 26.2 Å². The van der Waals surface area contributed by atoms with Crippen LogP contribution >= 0.6 is 23.2 Å². The molecule has 1 aromatic carbocycles. The van der Waals surface area contributed by atoms with Crippen LogP contribution in [0.25, 0.3) is 11.3 Å². The van der Waals surface area contributed by atoms with Crippen LogP contribution in [-0.2, 0) is 0 Å². The van der Waals surface area contributed by atoms with Crippen molar-refractivity contribution in [2.24, 2.45) is 5.73 Å². The fourth-order valence-electron chi connectivity index (χ4n) is 2.17. The Balaban J connectivity index is 2.54. The average Bonchev–Trinajstić information content (AvgIpc) is 2.51. The van der Waals surface area contributed by atoms with Crippen molar-refractivity contribution < 1.29 is 0 Å². The molecule has 0 aliphatic rings. The minimum Gasteiger partial charge on any atom is -0.398 e. The van der Waals surface area contributed by atoms with E-state index in [0.717, 1.165) is 36.1 Å². The second kappa shape index (κ2) is 7.48. The molecule has 0 spiro atoms. The maximum absolute atomic E-state index is 6.38. The maximum atomic E-state index is 6.38. The molecule has 0 unspecified atom stereocenters. The van der Waals surface area contributed by atoms with E-state index in [1.54, 1.807) is 12.3 Å². The fraction of sp³-hybridized carbons (Fsp3) is 0.235. The molecule has 1 heterocycles. The van der Waals surface area contributed by atoms with Gasteiger partial charge in [-0.05, 0) is 31.0 Å². The van der Waals surface area contributed by atoms with Gasteiger partial charge in [-0.3, -0.25) is 4.98 Å². The Morgan fingerprint density at radius 1 is 1.14 bits per heavy atom. The van der Waals surface area contributed by atoms with E-state index in [1.807, 2.05) is 30.3 Å². The first kappa shape index (κ1) is 15.9. The smallest absolute Gasteiger partial charge is 0.0685 e. The maximum Gasteiger partial charge on any atom is 0.0685 e. The molecule has 0 atom stereocenters. The molecule has 0 saturated heterocycles. The summed E-state index contributed by atoms with van der Waals surface area (Å²) >= 11 is 12.4. The van der Waals surface area contributed by atoms with E-state index in [2.05, 4.69) is 11.9 Å². The molecule has 0 radical (unpaired) electrons. The number of hydrogen-bond acceptors (Lipinski definition) is 2. The summed E-state index contributed by atoms with van der Waals surface area (Å²) in [6.07, 6.45) is 4.77. The van der Waals surface area contributed by atoms with Gasteiger partial charge in [0, 0.05) is 23.0 Å². The standard InChI is InChI=1S/C17H18Cl2N2/c1-2-3-7-12(15-10-4-5-11-21-15)17(20)13-8-6-9-14(18)16(13)19/h4-6,8-11H,2-3,7,20H2,1H3/b17-12+. The van der Waals surface area contributed by atoms with Gasteiger partial charge in [0.1, 0.15) is 0 Å². The quantitative estimate of drug-likeness (QED) is 0.800. The van der Waals surface area contributed by atoms with Crippen LogP contribution in [0.4, 0.5) is 0 Å². The van der Waals surface area contributed by atoms with E-state index in [-0.39, 0.29) is 0 Å². The molecule has 0 bridgehead atoms. The zero-order chi connectivity index (χ0) is 15.2. The Labute approximate surface area is 135 Å². The van der Waals surface area contributed by atoms with Gasteiger partial charge in [0.2, 0.25) is 0 Å². The third-order valence-electron chi connectivity index (χ3n) is 3.32. The van der Waals surface area contributed by atoms with Gasteiger partial charge in [0.25, 0.3) is 0 Å². The van der Waals surface area contributed by atoms with Crippen molar-refractivity contribution in [3.8, 4) is 0 Å². The summed E-state index contributed by atoms with van der Waals surface area (Å²) in [6, 6.07) is 11.3. The first-order valence-electron chi connectivity index (χ1n) is 6.99. The molecule has 110 valence electrons. The third kappa shape index (κ3) is 3.78. The van der Waals surface area contributed by atoms with Gasteiger partial charge in [0.15, 0.2) is 0 Å². The van der Waals surface area contributed by atoms with Gasteiger partial charge in [0.05, 0.1) is 15.7 Å². The van der Waals surface area contributed by atoms with Crippen LogP contribution in [0.5, 0.6) is 0 Å². The largest absolute Gasteiger partial charge is 0.398 e. The zero-order valence-corrected chi connectivity index (χ0v) is 13.5. The van der Waals surface area contributed by atoms with Crippen molar-refractivity contribution in [2.75, 3.05) is 0 Å². The topological polar surface area (TPSA) is 38.9 Å². The van der Waals surface area contributed by atoms with Crippen molar-refractivity contribution >= 4 is 34.5 Å². The molecular formula is C17H18Cl2N2. The predicted molar refractivity (Wildman–Crippen MR) is 91.2 cm³/mol. The van der Waals surface area contributed by atoms with Crippen molar-refractivity contribution in [3.05, 3.63) is 63.9 Å². The molecule has 1 aromatic heterocycles. The van der Waals surface area contributed by atoms with E-state index < -0.39 is 0 Å². The zero-order valence-electron chi connectivity index (χ0n) is 11.9. The summed E-state index contributed by atoms with van der Waals surface area (Å²) in [7, 11) is 0. The van der Waals surface area contributed by atoms with Crippen molar-refractivity contribution in [1.82, 2.24) is 4.98 Å². The number of allylic oxidation sites excluding steroid dienone is 1. The highest BCUT2D eigenvalue weighted by Crippen LogP contribution is 2.33. The Morgan fingerprint density at radius 2 is 1.95 bits per heavy atom. The van der Waals surface area contributed by atoms with Crippen LogP contribution in [0.2, 0.25) is 10.0 Å². The Morgan fingerprint density at radius 3 is 2.62 bits per heavy atom. The van der Waals surface area contributed by atoms with Crippen molar-refractivity contribution in [1.29, 1.82) is 0 Å². The molecule has 0 fully saturated rings. The van der Waals surface area contributed by atoms with Crippen LogP contribution in [0.3, 0.4) is 0 Å². The number of nitrogens with two attached hydrogens (primary N) is 1. The molecule has 2 rings (SSSR count). The summed E-state index contributed by atoms with van der Waals surface area (Å²) in [4.78, 5) is 4.42. The number of aromatic nitrogens is 1. The third-order valence-corrected chi connectivity index (χ3v) is 4.14. The first-order chi connectivity index (χ1) is 10.1. The highest BCUT2D eigenvalue weighted by Gasteiger charge is 2.13. The number of halogens is 2. The highest BCUT2D eigenvalue weighted by molar-refractivity contribution is 6.43. The lowest BCUT2D eigenvalue weighted by Crippen LogP contribution is -2.04. The van der Waals surface area contributed by atoms with Crippen LogP contribution < -0.4 is 5.73 Å². The van der Waals surface area contributed by atoms with Crippen LogP contribution in [0, 0.1) is 0 Å².